The molecule has 2 aromatic carbocycles. The quantitative estimate of drug-likeness (QED) is 0.269. The molecular weight excluding hydrogens is 556 g/mol. The van der Waals surface area contributed by atoms with Crippen molar-refractivity contribution < 1.29 is 23.7 Å². The molecule has 0 saturated heterocycles. The van der Waals surface area contributed by atoms with E-state index in [0.29, 0.717) is 22.5 Å². The van der Waals surface area contributed by atoms with Crippen molar-refractivity contribution in [2.24, 2.45) is 11.4 Å². The molecule has 214 valence electrons. The van der Waals surface area contributed by atoms with Crippen molar-refractivity contribution in [3.05, 3.63) is 107 Å². The molecule has 42 heavy (non-hydrogen) atoms. The molecule has 0 bridgehead atoms. The van der Waals surface area contributed by atoms with Crippen LogP contribution in [0.25, 0.3) is 0 Å². The number of benzene rings is 2. The van der Waals surface area contributed by atoms with Crippen LogP contribution in [0.1, 0.15) is 37.7 Å². The van der Waals surface area contributed by atoms with Crippen LogP contribution in [0.15, 0.2) is 88.4 Å². The second kappa shape index (κ2) is 13.5. The third-order valence-electron chi connectivity index (χ3n) is 5.79. The fourth-order valence-corrected chi connectivity index (χ4v) is 5.62. The first kappa shape index (κ1) is 29.9. The van der Waals surface area contributed by atoms with E-state index in [1.807, 2.05) is 0 Å². The van der Waals surface area contributed by atoms with Crippen LogP contribution in [0.2, 0.25) is 0 Å². The molecule has 0 radical (unpaired) electrons. The molecule has 2 heterocycles. The molecule has 12 heteroatoms. The lowest BCUT2D eigenvalue weighted by atomic mass is 10.1. The first-order valence-electron chi connectivity index (χ1n) is 12.8. The lowest BCUT2D eigenvalue weighted by molar-refractivity contribution is -0.118. The molecule has 0 aliphatic heterocycles. The smallest absolute Gasteiger partial charge is 0.286 e. The number of nitrogens with zero attached hydrogens (tertiary/aromatic N) is 4. The van der Waals surface area contributed by atoms with E-state index in [9.17, 15) is 18.6 Å². The normalized spacial score (nSPS) is 11.9. The molecule has 1 unspecified atom stereocenters. The van der Waals surface area contributed by atoms with Gasteiger partial charge in [0, 0.05) is 47.7 Å². The zero-order valence-corrected chi connectivity index (χ0v) is 23.7. The van der Waals surface area contributed by atoms with Gasteiger partial charge in [-0.2, -0.15) is 9.46 Å². The van der Waals surface area contributed by atoms with Gasteiger partial charge in [0.2, 0.25) is 5.91 Å². The molecule has 2 aromatic heterocycles. The summed E-state index contributed by atoms with van der Waals surface area (Å²) in [6.07, 6.45) is 2.75. The minimum absolute atomic E-state index is 0.0128. The molecule has 3 N–H and O–H groups in total. The lowest BCUT2D eigenvalue weighted by Gasteiger charge is -2.10. The third-order valence-corrected chi connectivity index (χ3v) is 7.92. The molecular formula is C30H28N6O5S. The first-order chi connectivity index (χ1) is 20.2. The summed E-state index contributed by atoms with van der Waals surface area (Å²) < 4.78 is 19.2. The van der Waals surface area contributed by atoms with E-state index in [-0.39, 0.29) is 29.5 Å². The molecule has 1 atom stereocenters. The van der Waals surface area contributed by atoms with E-state index in [1.54, 1.807) is 62.5 Å². The second-order valence-electron chi connectivity index (χ2n) is 9.11. The van der Waals surface area contributed by atoms with Crippen molar-refractivity contribution in [3.8, 4) is 11.8 Å². The van der Waals surface area contributed by atoms with E-state index in [0.717, 1.165) is 5.69 Å². The number of pyridine rings is 1. The summed E-state index contributed by atoms with van der Waals surface area (Å²) in [5, 5.41) is 18.4. The Hall–Kier alpha value is -5.12. The van der Waals surface area contributed by atoms with Crippen molar-refractivity contribution in [2.45, 2.75) is 11.8 Å². The summed E-state index contributed by atoms with van der Waals surface area (Å²) in [5.74, 6) is 3.64. The minimum Gasteiger partial charge on any atom is -0.395 e. The van der Waals surface area contributed by atoms with Gasteiger partial charge in [-0.05, 0) is 49.4 Å². The summed E-state index contributed by atoms with van der Waals surface area (Å²) in [5.41, 5.74) is 2.76. The molecule has 0 aliphatic carbocycles. The van der Waals surface area contributed by atoms with Crippen LogP contribution in [0.5, 0.6) is 0 Å². The number of nitrogens with one attached hydrogen (secondary N) is 2. The molecule has 0 aliphatic rings. The van der Waals surface area contributed by atoms with Gasteiger partial charge in [0.05, 0.1) is 27.6 Å². The van der Waals surface area contributed by atoms with Crippen LogP contribution in [-0.2, 0) is 21.6 Å². The SMILES string of the molecule is Cc1cc(C(=O)Nc2cccc(C#Cc3cncc(C(=O)N=S(=O)(CC(=O)NCCO)c4ccccc4)c3)c2)n(C)n1. The van der Waals surface area contributed by atoms with Crippen LogP contribution in [0, 0.1) is 18.8 Å². The van der Waals surface area contributed by atoms with Gasteiger partial charge in [0.15, 0.2) is 0 Å². The molecule has 0 spiro atoms. The summed E-state index contributed by atoms with van der Waals surface area (Å²) in [4.78, 5) is 42.3. The van der Waals surface area contributed by atoms with E-state index >= 15 is 0 Å². The largest absolute Gasteiger partial charge is 0.395 e. The standard InChI is InChI=1S/C30H28N6O5S/c1-21-15-27(36(2)34-21)30(40)33-25-8-6-7-22(17-25)11-12-23-16-24(19-31-18-23)29(39)35-42(41,20-28(38)32-13-14-37)26-9-4-3-5-10-26/h3-10,15-19,37H,13-14,20H2,1-2H3,(H,32,38)(H,33,40). The Morgan fingerprint density at radius 3 is 2.48 bits per heavy atom. The summed E-state index contributed by atoms with van der Waals surface area (Å²) >= 11 is 0. The predicted molar refractivity (Wildman–Crippen MR) is 157 cm³/mol. The number of hydrogen-bond acceptors (Lipinski definition) is 7. The summed E-state index contributed by atoms with van der Waals surface area (Å²) in [7, 11) is -1.78. The van der Waals surface area contributed by atoms with Crippen molar-refractivity contribution in [1.82, 2.24) is 20.1 Å². The zero-order chi connectivity index (χ0) is 30.1. The van der Waals surface area contributed by atoms with Gasteiger partial charge in [-0.3, -0.25) is 24.0 Å². The Labute approximate surface area is 243 Å². The van der Waals surface area contributed by atoms with Crippen LogP contribution in [-0.4, -0.2) is 60.7 Å². The van der Waals surface area contributed by atoms with E-state index in [4.69, 9.17) is 5.11 Å². The number of anilines is 1. The fourth-order valence-electron chi connectivity index (χ4n) is 3.87. The number of carbonyl (C=O) groups excluding carboxylic acids is 3. The molecule has 0 fully saturated rings. The number of hydrogen-bond donors (Lipinski definition) is 3. The van der Waals surface area contributed by atoms with Crippen LogP contribution in [0.4, 0.5) is 5.69 Å². The van der Waals surface area contributed by atoms with Gasteiger partial charge >= 0.3 is 0 Å². The molecule has 3 amide bonds. The fraction of sp³-hybridized carbons (Fsp3) is 0.167. The number of amides is 3. The number of aromatic nitrogens is 3. The number of carbonyl (C=O) groups is 3. The highest BCUT2D eigenvalue weighted by atomic mass is 32.2. The highest BCUT2D eigenvalue weighted by Crippen LogP contribution is 2.17. The number of rotatable bonds is 8. The number of aliphatic hydroxyl groups is 1. The maximum atomic E-state index is 13.8. The molecule has 0 saturated carbocycles. The Kier molecular flexibility index (Phi) is 9.59. The van der Waals surface area contributed by atoms with Crippen molar-refractivity contribution in [3.63, 3.8) is 0 Å². The number of aliphatic hydroxyl groups excluding tert-OH is 1. The van der Waals surface area contributed by atoms with E-state index in [2.05, 4.69) is 36.9 Å². The Morgan fingerprint density at radius 1 is 1.00 bits per heavy atom. The van der Waals surface area contributed by atoms with E-state index in [1.165, 1.54) is 35.3 Å². The molecule has 11 nitrogen and oxygen atoms in total. The molecule has 4 aromatic rings. The Balaban J connectivity index is 1.55. The average molecular weight is 585 g/mol. The monoisotopic (exact) mass is 584 g/mol. The number of aryl methyl sites for hydroxylation is 2. The summed E-state index contributed by atoms with van der Waals surface area (Å²) in [6, 6.07) is 18.2. The van der Waals surface area contributed by atoms with Gasteiger partial charge in [-0.1, -0.05) is 36.1 Å². The molecule has 4 rings (SSSR count). The second-order valence-corrected chi connectivity index (χ2v) is 11.3. The predicted octanol–water partition coefficient (Wildman–Crippen LogP) is 2.55. The van der Waals surface area contributed by atoms with Gasteiger partial charge in [0.25, 0.3) is 11.8 Å². The maximum absolute atomic E-state index is 13.8. The van der Waals surface area contributed by atoms with Gasteiger partial charge < -0.3 is 15.7 Å². The van der Waals surface area contributed by atoms with Crippen molar-refractivity contribution in [2.75, 3.05) is 24.2 Å². The summed E-state index contributed by atoms with van der Waals surface area (Å²) in [6.45, 7) is 1.51. The Morgan fingerprint density at radius 2 is 1.76 bits per heavy atom. The highest BCUT2D eigenvalue weighted by molar-refractivity contribution is 7.94. The highest BCUT2D eigenvalue weighted by Gasteiger charge is 2.20. The minimum atomic E-state index is -3.47. The van der Waals surface area contributed by atoms with Crippen LogP contribution >= 0.6 is 0 Å². The van der Waals surface area contributed by atoms with Gasteiger partial charge in [-0.15, -0.1) is 0 Å². The maximum Gasteiger partial charge on any atom is 0.286 e. The van der Waals surface area contributed by atoms with Crippen molar-refractivity contribution >= 4 is 33.1 Å². The topological polar surface area (TPSA) is 156 Å². The lowest BCUT2D eigenvalue weighted by Crippen LogP contribution is -2.32. The van der Waals surface area contributed by atoms with Gasteiger partial charge in [-0.25, -0.2) is 4.21 Å². The third kappa shape index (κ3) is 7.75. The van der Waals surface area contributed by atoms with Crippen LogP contribution in [0.3, 0.4) is 0 Å². The van der Waals surface area contributed by atoms with Crippen LogP contribution < -0.4 is 10.6 Å². The Bertz CT molecular complexity index is 1810. The zero-order valence-electron chi connectivity index (χ0n) is 22.9. The van der Waals surface area contributed by atoms with Gasteiger partial charge in [0.1, 0.15) is 11.4 Å². The van der Waals surface area contributed by atoms with E-state index < -0.39 is 27.3 Å². The van der Waals surface area contributed by atoms with Crippen molar-refractivity contribution in [1.29, 1.82) is 0 Å². The first-order valence-corrected chi connectivity index (χ1v) is 14.5. The average Bonchev–Trinajstić information content (AvgIpc) is 3.33.